The van der Waals surface area contributed by atoms with Crippen LogP contribution in [0.1, 0.15) is 41.4 Å². The molecule has 1 fully saturated rings. The highest BCUT2D eigenvalue weighted by Gasteiger charge is 2.47. The minimum atomic E-state index is -1.10. The van der Waals surface area contributed by atoms with E-state index >= 15 is 0 Å². The second kappa shape index (κ2) is 10.5. The summed E-state index contributed by atoms with van der Waals surface area (Å²) < 4.78 is 26.9. The predicted octanol–water partition coefficient (Wildman–Crippen LogP) is 7.97. The van der Waals surface area contributed by atoms with E-state index in [2.05, 4.69) is 10.5 Å². The molecule has 7 nitrogen and oxygen atoms in total. The quantitative estimate of drug-likeness (QED) is 0.214. The van der Waals surface area contributed by atoms with Gasteiger partial charge in [0.25, 0.3) is 0 Å². The summed E-state index contributed by atoms with van der Waals surface area (Å²) in [4.78, 5) is 21.5. The molecule has 3 aromatic carbocycles. The van der Waals surface area contributed by atoms with Gasteiger partial charge in [0.15, 0.2) is 11.6 Å². The fourth-order valence-electron chi connectivity index (χ4n) is 5.12. The number of hydroxylamine groups is 1. The van der Waals surface area contributed by atoms with E-state index in [-0.39, 0.29) is 29.5 Å². The number of nitrogens with zero attached hydrogens (tertiary/aromatic N) is 1. The maximum Gasteiger partial charge on any atom is 0.337 e. The van der Waals surface area contributed by atoms with E-state index in [0.717, 1.165) is 24.2 Å². The number of hydrogen-bond acceptors (Lipinski definition) is 6. The largest absolute Gasteiger partial charge is 0.489 e. The third-order valence-electron chi connectivity index (χ3n) is 7.45. The number of pyridine rings is 1. The third-order valence-corrected chi connectivity index (χ3v) is 8.08. The minimum Gasteiger partial charge on any atom is -0.489 e. The number of carbonyl (C=O) groups is 1. The van der Waals surface area contributed by atoms with E-state index in [1.807, 2.05) is 6.92 Å². The number of hydrogen-bond donors (Lipinski definition) is 2. The molecule has 1 aliphatic carbocycles. The molecule has 41 heavy (non-hydrogen) atoms. The first-order valence-corrected chi connectivity index (χ1v) is 13.8. The third kappa shape index (κ3) is 5.07. The second-order valence-corrected chi connectivity index (χ2v) is 11.1. The van der Waals surface area contributed by atoms with Crippen molar-refractivity contribution in [2.24, 2.45) is 5.92 Å². The van der Waals surface area contributed by atoms with Crippen LogP contribution in [0.3, 0.4) is 0 Å². The number of aromatic nitrogens is 1. The van der Waals surface area contributed by atoms with Gasteiger partial charge in [0.1, 0.15) is 23.7 Å². The van der Waals surface area contributed by atoms with Crippen molar-refractivity contribution in [2.75, 3.05) is 6.61 Å². The zero-order valence-corrected chi connectivity index (χ0v) is 23.6. The average molecular weight is 595 g/mol. The molecule has 10 heteroatoms. The van der Waals surface area contributed by atoms with Crippen molar-refractivity contribution in [1.82, 2.24) is 10.5 Å². The summed E-state index contributed by atoms with van der Waals surface area (Å²) in [5.41, 5.74) is 4.29. The predicted molar refractivity (Wildman–Crippen MR) is 153 cm³/mol. The molecule has 210 valence electrons. The highest BCUT2D eigenvalue weighted by Crippen LogP contribution is 2.49. The van der Waals surface area contributed by atoms with Gasteiger partial charge < -0.3 is 19.4 Å². The van der Waals surface area contributed by atoms with E-state index in [1.165, 1.54) is 18.2 Å². The summed E-state index contributed by atoms with van der Waals surface area (Å²) in [5.74, 6) is 0.123. The summed E-state index contributed by atoms with van der Waals surface area (Å²) in [5, 5.41) is 11.5. The number of rotatable bonds is 8. The lowest BCUT2D eigenvalue weighted by atomic mass is 9.84. The maximum atomic E-state index is 14.9. The van der Waals surface area contributed by atoms with E-state index in [4.69, 9.17) is 37.5 Å². The lowest BCUT2D eigenvalue weighted by Gasteiger charge is -2.28. The van der Waals surface area contributed by atoms with Gasteiger partial charge in [-0.3, -0.25) is 0 Å². The summed E-state index contributed by atoms with van der Waals surface area (Å²) in [7, 11) is 0. The summed E-state index contributed by atoms with van der Waals surface area (Å²) in [6.07, 6.45) is 2.06. The van der Waals surface area contributed by atoms with Gasteiger partial charge in [0.05, 0.1) is 11.3 Å². The Labute approximate surface area is 245 Å². The zero-order valence-electron chi connectivity index (χ0n) is 22.1. The molecule has 2 N–H and O–H groups in total. The van der Waals surface area contributed by atoms with E-state index < -0.39 is 17.3 Å². The number of allylic oxidation sites excluding steroid dienone is 1. The van der Waals surface area contributed by atoms with Gasteiger partial charge in [-0.05, 0) is 74.5 Å². The molecule has 0 spiro atoms. The highest BCUT2D eigenvalue weighted by atomic mass is 35.5. The van der Waals surface area contributed by atoms with Crippen molar-refractivity contribution in [3.8, 4) is 17.4 Å². The number of halogens is 3. The first-order valence-electron chi connectivity index (χ1n) is 13.0. The van der Waals surface area contributed by atoms with Crippen LogP contribution in [0, 0.1) is 18.7 Å². The first-order chi connectivity index (χ1) is 19.7. The normalized spacial score (nSPS) is 18.5. The Morgan fingerprint density at radius 1 is 1.15 bits per heavy atom. The molecule has 6 rings (SSSR count). The van der Waals surface area contributed by atoms with Crippen molar-refractivity contribution >= 4 is 39.9 Å². The maximum absolute atomic E-state index is 14.9. The van der Waals surface area contributed by atoms with E-state index in [0.29, 0.717) is 38.0 Å². The number of benzene rings is 3. The van der Waals surface area contributed by atoms with Crippen LogP contribution in [0.15, 0.2) is 72.0 Å². The molecule has 1 unspecified atom stereocenters. The smallest absolute Gasteiger partial charge is 0.337 e. The Morgan fingerprint density at radius 2 is 1.90 bits per heavy atom. The van der Waals surface area contributed by atoms with Gasteiger partial charge in [-0.2, -0.15) is 0 Å². The molecule has 0 bridgehead atoms. The molecule has 1 saturated carbocycles. The standard InChI is InChI=1S/C31H25Cl2FN2O5/c1-16-20(30(37)38)11-13-26(35-16)40-29-21-10-9-19(14-18(21)8-12-25(29)34)39-15-22-28(17-6-7-17)41-36-31(22,2)27-23(32)4-3-5-24(27)33/h3-5,8-14,17,36H,6-7,15H2,1-2H3,(H,37,38). The molecule has 1 atom stereocenters. The number of fused-ring (bicyclic) bond motifs is 1. The summed E-state index contributed by atoms with van der Waals surface area (Å²) >= 11 is 13.2. The van der Waals surface area contributed by atoms with Crippen LogP contribution < -0.4 is 15.0 Å². The molecular weight excluding hydrogens is 570 g/mol. The molecule has 0 radical (unpaired) electrons. The Morgan fingerprint density at radius 3 is 2.59 bits per heavy atom. The second-order valence-electron chi connectivity index (χ2n) is 10.3. The topological polar surface area (TPSA) is 89.9 Å². The molecule has 0 amide bonds. The average Bonchev–Trinajstić information content (AvgIpc) is 3.72. The van der Waals surface area contributed by atoms with Crippen LogP contribution in [0.25, 0.3) is 10.8 Å². The van der Waals surface area contributed by atoms with Crippen molar-refractivity contribution < 1.29 is 28.6 Å². The minimum absolute atomic E-state index is 0.0166. The zero-order chi connectivity index (χ0) is 28.9. The lowest BCUT2D eigenvalue weighted by Crippen LogP contribution is -2.38. The monoisotopic (exact) mass is 594 g/mol. The molecule has 2 heterocycles. The van der Waals surface area contributed by atoms with Crippen LogP contribution in [-0.2, 0) is 10.4 Å². The van der Waals surface area contributed by atoms with Crippen molar-refractivity contribution in [2.45, 2.75) is 32.2 Å². The van der Waals surface area contributed by atoms with Gasteiger partial charge in [0, 0.05) is 38.6 Å². The van der Waals surface area contributed by atoms with Gasteiger partial charge >= 0.3 is 5.97 Å². The Balaban J connectivity index is 1.29. The number of nitrogens with one attached hydrogen (secondary N) is 1. The molecule has 2 aliphatic rings. The number of carboxylic acids is 1. The molecule has 0 saturated heterocycles. The highest BCUT2D eigenvalue weighted by molar-refractivity contribution is 6.36. The first kappa shape index (κ1) is 27.3. The Hall–Kier alpha value is -3.85. The SMILES string of the molecule is Cc1nc(Oc2c(F)ccc3cc(OCC4=C(C5CC5)ONC4(C)c4c(Cl)cccc4Cl)ccc23)ccc1C(=O)O. The molecule has 4 aromatic rings. The number of aromatic carboxylic acids is 1. The van der Waals surface area contributed by atoms with Crippen LogP contribution in [0.4, 0.5) is 4.39 Å². The number of ether oxygens (including phenoxy) is 2. The Kier molecular flexibility index (Phi) is 7.01. The Bertz CT molecular complexity index is 1720. The molecule has 1 aromatic heterocycles. The van der Waals surface area contributed by atoms with Crippen molar-refractivity contribution in [3.63, 3.8) is 0 Å². The van der Waals surface area contributed by atoms with Gasteiger partial charge in [0.2, 0.25) is 5.88 Å². The van der Waals surface area contributed by atoms with Crippen LogP contribution in [0.2, 0.25) is 10.0 Å². The van der Waals surface area contributed by atoms with E-state index in [1.54, 1.807) is 49.4 Å². The summed E-state index contributed by atoms with van der Waals surface area (Å²) in [6.45, 7) is 3.74. The van der Waals surface area contributed by atoms with Crippen molar-refractivity contribution in [3.05, 3.63) is 105 Å². The fraction of sp³-hybridized carbons (Fsp3) is 0.226. The van der Waals surface area contributed by atoms with Gasteiger partial charge in [-0.1, -0.05) is 35.3 Å². The fourth-order valence-corrected chi connectivity index (χ4v) is 5.90. The lowest BCUT2D eigenvalue weighted by molar-refractivity contribution is 0.0695. The molecule has 1 aliphatic heterocycles. The number of carboxylic acid groups (broad SMARTS) is 1. The van der Waals surface area contributed by atoms with Gasteiger partial charge in [-0.15, -0.1) is 5.48 Å². The van der Waals surface area contributed by atoms with Crippen LogP contribution in [-0.4, -0.2) is 22.7 Å². The summed E-state index contributed by atoms with van der Waals surface area (Å²) in [6, 6.07) is 16.4. The molecular formula is C31H25Cl2FN2O5. The van der Waals surface area contributed by atoms with E-state index in [9.17, 15) is 14.3 Å². The van der Waals surface area contributed by atoms with Crippen LogP contribution >= 0.6 is 23.2 Å². The van der Waals surface area contributed by atoms with Gasteiger partial charge in [-0.25, -0.2) is 14.2 Å². The number of aryl methyl sites for hydroxylation is 1. The van der Waals surface area contributed by atoms with Crippen LogP contribution in [0.5, 0.6) is 17.4 Å². The van der Waals surface area contributed by atoms with Crippen molar-refractivity contribution in [1.29, 1.82) is 0 Å².